The molecule has 5 heteroatoms. The van der Waals surface area contributed by atoms with Gasteiger partial charge in [-0.05, 0) is 78.9 Å². The molecular weight excluding hydrogens is 326 g/mol. The Bertz CT molecular complexity index is 644. The van der Waals surface area contributed by atoms with Crippen molar-refractivity contribution < 1.29 is 9.53 Å². The third-order valence-electron chi connectivity index (χ3n) is 6.19. The van der Waals surface area contributed by atoms with Crippen LogP contribution >= 0.6 is 0 Å². The van der Waals surface area contributed by atoms with E-state index in [-0.39, 0.29) is 17.0 Å². The van der Waals surface area contributed by atoms with Gasteiger partial charge in [-0.15, -0.1) is 0 Å². The van der Waals surface area contributed by atoms with E-state index in [0.717, 1.165) is 74.3 Å². The highest BCUT2D eigenvalue weighted by atomic mass is 16.5. The zero-order chi connectivity index (χ0) is 18.9. The fraction of sp³-hybridized carbons (Fsp3) is 0.714. The van der Waals surface area contributed by atoms with Gasteiger partial charge in [-0.1, -0.05) is 5.57 Å². The van der Waals surface area contributed by atoms with Crippen LogP contribution in [0.15, 0.2) is 27.5 Å². The van der Waals surface area contributed by atoms with Crippen LogP contribution in [-0.4, -0.2) is 36.9 Å². The second-order valence-corrected chi connectivity index (χ2v) is 8.69. The fourth-order valence-corrected chi connectivity index (χ4v) is 4.05. The fourth-order valence-electron chi connectivity index (χ4n) is 4.05. The number of nitrogens with zero attached hydrogens (tertiary/aromatic N) is 1. The number of carbonyl (C=O) groups is 1. The summed E-state index contributed by atoms with van der Waals surface area (Å²) >= 11 is 0. The number of carbonyl (C=O) groups excluding carboxylic acids is 1. The molecular formula is C21H33N3O2. The number of rotatable bonds is 7. The number of nitrogens with one attached hydrogen (secondary N) is 2. The minimum atomic E-state index is -0.0283. The summed E-state index contributed by atoms with van der Waals surface area (Å²) in [6.45, 7) is 13.5. The average molecular weight is 360 g/mol. The Kier molecular flexibility index (Phi) is 5.29. The Labute approximate surface area is 157 Å². The zero-order valence-electron chi connectivity index (χ0n) is 16.7. The first-order chi connectivity index (χ1) is 12.3. The van der Waals surface area contributed by atoms with Crippen molar-refractivity contribution in [3.63, 3.8) is 0 Å². The largest absolute Gasteiger partial charge is 0.381 e. The van der Waals surface area contributed by atoms with Gasteiger partial charge in [0.2, 0.25) is 0 Å². The molecule has 144 valence electrons. The molecule has 0 aromatic heterocycles. The lowest BCUT2D eigenvalue weighted by Crippen LogP contribution is -2.45. The van der Waals surface area contributed by atoms with Crippen LogP contribution in [0.3, 0.4) is 0 Å². The van der Waals surface area contributed by atoms with Crippen molar-refractivity contribution in [3.8, 4) is 0 Å². The van der Waals surface area contributed by atoms with Gasteiger partial charge < -0.3 is 15.4 Å². The van der Waals surface area contributed by atoms with Crippen molar-refractivity contribution >= 4 is 12.6 Å². The maximum absolute atomic E-state index is 13.2. The van der Waals surface area contributed by atoms with E-state index in [1.807, 2.05) is 20.8 Å². The first kappa shape index (κ1) is 19.2. The molecule has 0 radical (unpaired) electrons. The molecule has 2 aliphatic carbocycles. The Morgan fingerprint density at radius 3 is 2.15 bits per heavy atom. The summed E-state index contributed by atoms with van der Waals surface area (Å²) < 4.78 is 5.49. The normalized spacial score (nSPS) is 24.2. The van der Waals surface area contributed by atoms with Gasteiger partial charge in [0.25, 0.3) is 5.91 Å². The second-order valence-electron chi connectivity index (χ2n) is 8.69. The summed E-state index contributed by atoms with van der Waals surface area (Å²) in [6, 6.07) is 0. The predicted octanol–water partition coefficient (Wildman–Crippen LogP) is 3.47. The van der Waals surface area contributed by atoms with Crippen molar-refractivity contribution in [1.29, 1.82) is 0 Å². The van der Waals surface area contributed by atoms with E-state index in [1.54, 1.807) is 0 Å². The number of hydrogen-bond donors (Lipinski definition) is 2. The summed E-state index contributed by atoms with van der Waals surface area (Å²) in [5, 5.41) is 6.85. The van der Waals surface area contributed by atoms with Crippen LogP contribution in [0.1, 0.15) is 66.2 Å². The summed E-state index contributed by atoms with van der Waals surface area (Å²) in [5.41, 5.74) is 2.70. The molecule has 3 rings (SSSR count). The lowest BCUT2D eigenvalue weighted by Gasteiger charge is -2.32. The van der Waals surface area contributed by atoms with E-state index in [9.17, 15) is 4.79 Å². The lowest BCUT2D eigenvalue weighted by molar-refractivity contribution is -0.119. The molecule has 0 aromatic rings. The van der Waals surface area contributed by atoms with Gasteiger partial charge in [0.1, 0.15) is 5.82 Å². The van der Waals surface area contributed by atoms with Crippen molar-refractivity contribution in [1.82, 2.24) is 10.6 Å². The van der Waals surface area contributed by atoms with Crippen LogP contribution < -0.4 is 10.6 Å². The maximum atomic E-state index is 13.2. The Balaban J connectivity index is 1.78. The molecule has 1 amide bonds. The molecule has 1 saturated heterocycles. The quantitative estimate of drug-likeness (QED) is 0.416. The van der Waals surface area contributed by atoms with E-state index < -0.39 is 0 Å². The van der Waals surface area contributed by atoms with Gasteiger partial charge in [-0.25, -0.2) is 4.99 Å². The molecule has 26 heavy (non-hydrogen) atoms. The summed E-state index contributed by atoms with van der Waals surface area (Å²) in [6.07, 6.45) is 6.48. The molecule has 1 heterocycles. The summed E-state index contributed by atoms with van der Waals surface area (Å²) in [5.74, 6) is 1.28. The highest BCUT2D eigenvalue weighted by Crippen LogP contribution is 2.46. The number of aliphatic imine (C=N–C) groups is 1. The number of amides is 1. The zero-order valence-corrected chi connectivity index (χ0v) is 16.7. The third-order valence-corrected chi connectivity index (χ3v) is 6.19. The number of ether oxygens (including phenoxy) is 1. The standard InChI is InChI=1S/C21H33N3O2/c1-14(2)17(15(3)18(22-5)23-20(4)8-9-20)19(25)24-21(10-11-21)16-6-12-26-13-7-16/h16,23H,5-13H2,1-4H3,(H,24,25)/b18-15-. The molecule has 3 fully saturated rings. The highest BCUT2D eigenvalue weighted by Gasteiger charge is 2.50. The predicted molar refractivity (Wildman–Crippen MR) is 105 cm³/mol. The van der Waals surface area contributed by atoms with E-state index in [0.29, 0.717) is 5.92 Å². The Hall–Kier alpha value is -1.62. The number of hydrogen-bond acceptors (Lipinski definition) is 4. The van der Waals surface area contributed by atoms with Gasteiger partial charge in [0, 0.05) is 35.4 Å². The van der Waals surface area contributed by atoms with E-state index in [2.05, 4.69) is 29.3 Å². The summed E-state index contributed by atoms with van der Waals surface area (Å²) in [4.78, 5) is 17.4. The van der Waals surface area contributed by atoms with Crippen molar-refractivity contribution in [3.05, 3.63) is 22.5 Å². The molecule has 5 nitrogen and oxygen atoms in total. The molecule has 0 atom stereocenters. The third kappa shape index (κ3) is 4.03. The lowest BCUT2D eigenvalue weighted by atomic mass is 9.88. The average Bonchev–Trinajstić information content (AvgIpc) is 3.52. The Morgan fingerprint density at radius 1 is 1.08 bits per heavy atom. The van der Waals surface area contributed by atoms with Gasteiger partial charge in [-0.2, -0.15) is 0 Å². The Morgan fingerprint density at radius 2 is 1.69 bits per heavy atom. The minimum Gasteiger partial charge on any atom is -0.381 e. The van der Waals surface area contributed by atoms with Crippen LogP contribution in [0.5, 0.6) is 0 Å². The molecule has 2 saturated carbocycles. The second kappa shape index (κ2) is 7.18. The maximum Gasteiger partial charge on any atom is 0.252 e. The first-order valence-corrected chi connectivity index (χ1v) is 9.84. The van der Waals surface area contributed by atoms with Gasteiger partial charge >= 0.3 is 0 Å². The molecule has 1 aliphatic heterocycles. The molecule has 0 unspecified atom stereocenters. The smallest absolute Gasteiger partial charge is 0.252 e. The van der Waals surface area contributed by atoms with Crippen LogP contribution in [0, 0.1) is 5.92 Å². The van der Waals surface area contributed by atoms with E-state index in [1.165, 1.54) is 0 Å². The molecule has 0 aromatic carbocycles. The van der Waals surface area contributed by atoms with E-state index in [4.69, 9.17) is 4.74 Å². The minimum absolute atomic E-state index is 0.0235. The van der Waals surface area contributed by atoms with Crippen LogP contribution in [0.2, 0.25) is 0 Å². The molecule has 0 bridgehead atoms. The number of allylic oxidation sites excluding steroid dienone is 1. The van der Waals surface area contributed by atoms with Crippen LogP contribution in [-0.2, 0) is 9.53 Å². The van der Waals surface area contributed by atoms with E-state index >= 15 is 0 Å². The van der Waals surface area contributed by atoms with Gasteiger partial charge in [0.15, 0.2) is 0 Å². The highest BCUT2D eigenvalue weighted by molar-refractivity contribution is 5.99. The van der Waals surface area contributed by atoms with Crippen molar-refractivity contribution in [2.75, 3.05) is 13.2 Å². The van der Waals surface area contributed by atoms with Gasteiger partial charge in [0.05, 0.1) is 0 Å². The monoisotopic (exact) mass is 359 g/mol. The molecule has 3 aliphatic rings. The summed E-state index contributed by atoms with van der Waals surface area (Å²) in [7, 11) is 0. The van der Waals surface area contributed by atoms with Crippen molar-refractivity contribution in [2.45, 2.75) is 77.3 Å². The van der Waals surface area contributed by atoms with Crippen LogP contribution in [0.4, 0.5) is 0 Å². The molecule has 2 N–H and O–H groups in total. The molecule has 0 spiro atoms. The SMILES string of the molecule is C=N/C(NC1(C)CC1)=C(\C)C(C(=O)NC1(C2CCOCC2)CC1)=C(C)C. The van der Waals surface area contributed by atoms with Crippen molar-refractivity contribution in [2.24, 2.45) is 10.9 Å². The van der Waals surface area contributed by atoms with Gasteiger partial charge in [-0.3, -0.25) is 4.79 Å². The van der Waals surface area contributed by atoms with Crippen LogP contribution in [0.25, 0.3) is 0 Å². The topological polar surface area (TPSA) is 62.7 Å². The first-order valence-electron chi connectivity index (χ1n) is 9.84.